The Morgan fingerprint density at radius 3 is 2.62 bits per heavy atom. The van der Waals surface area contributed by atoms with Crippen LogP contribution in [-0.4, -0.2) is 31.6 Å². The van der Waals surface area contributed by atoms with Gasteiger partial charge in [0.1, 0.15) is 0 Å². The topological polar surface area (TPSA) is 89.9 Å². The first-order chi connectivity index (χ1) is 6.11. The third-order valence-electron chi connectivity index (χ3n) is 1.42. The molecule has 1 atom stereocenters. The second kappa shape index (κ2) is 6.28. The fourth-order valence-electron chi connectivity index (χ4n) is 0.906. The summed E-state index contributed by atoms with van der Waals surface area (Å²) < 4.78 is 0. The summed E-state index contributed by atoms with van der Waals surface area (Å²) >= 11 is 0. The van der Waals surface area contributed by atoms with E-state index in [-0.39, 0.29) is 18.5 Å². The number of carbonyl (C=O) groups is 1. The minimum absolute atomic E-state index is 0.133. The SMILES string of the molecule is CNC(=O)[C@H](CN=[N+]=[N-])NC(C)C. The smallest absolute Gasteiger partial charge is 0.237 e. The number of hydrogen-bond donors (Lipinski definition) is 2. The summed E-state index contributed by atoms with van der Waals surface area (Å²) in [5.41, 5.74) is 8.10. The summed E-state index contributed by atoms with van der Waals surface area (Å²) in [5.74, 6) is -0.166. The van der Waals surface area contributed by atoms with Gasteiger partial charge in [-0.2, -0.15) is 0 Å². The van der Waals surface area contributed by atoms with Crippen LogP contribution in [-0.2, 0) is 4.79 Å². The quantitative estimate of drug-likeness (QED) is 0.369. The number of likely N-dealkylation sites (N-methyl/N-ethyl adjacent to an activating group) is 1. The molecular weight excluding hydrogens is 170 g/mol. The lowest BCUT2D eigenvalue weighted by Crippen LogP contribution is -2.47. The zero-order valence-electron chi connectivity index (χ0n) is 8.11. The van der Waals surface area contributed by atoms with E-state index in [1.54, 1.807) is 7.05 Å². The third kappa shape index (κ3) is 5.05. The van der Waals surface area contributed by atoms with Gasteiger partial charge < -0.3 is 10.6 Å². The van der Waals surface area contributed by atoms with Gasteiger partial charge >= 0.3 is 0 Å². The average molecular weight is 185 g/mol. The van der Waals surface area contributed by atoms with Gasteiger partial charge in [-0.15, -0.1) is 0 Å². The van der Waals surface area contributed by atoms with Crippen LogP contribution in [0, 0.1) is 0 Å². The van der Waals surface area contributed by atoms with Crippen LogP contribution in [0.25, 0.3) is 10.4 Å². The van der Waals surface area contributed by atoms with Crippen LogP contribution in [0.4, 0.5) is 0 Å². The zero-order chi connectivity index (χ0) is 10.3. The van der Waals surface area contributed by atoms with Gasteiger partial charge in [0, 0.05) is 18.0 Å². The van der Waals surface area contributed by atoms with Crippen molar-refractivity contribution in [1.82, 2.24) is 10.6 Å². The first kappa shape index (κ1) is 11.7. The number of hydrogen-bond acceptors (Lipinski definition) is 3. The molecule has 0 bridgehead atoms. The van der Waals surface area contributed by atoms with Crippen molar-refractivity contribution in [2.75, 3.05) is 13.6 Å². The zero-order valence-corrected chi connectivity index (χ0v) is 8.11. The number of rotatable bonds is 5. The van der Waals surface area contributed by atoms with Crippen molar-refractivity contribution in [3.63, 3.8) is 0 Å². The first-order valence-corrected chi connectivity index (χ1v) is 4.10. The molecule has 74 valence electrons. The lowest BCUT2D eigenvalue weighted by Gasteiger charge is -2.17. The minimum Gasteiger partial charge on any atom is -0.358 e. The van der Waals surface area contributed by atoms with Crippen molar-refractivity contribution in [1.29, 1.82) is 0 Å². The molecule has 0 heterocycles. The highest BCUT2D eigenvalue weighted by atomic mass is 16.2. The normalized spacial score (nSPS) is 12.0. The Labute approximate surface area is 77.3 Å². The maximum Gasteiger partial charge on any atom is 0.237 e. The number of azide groups is 1. The van der Waals surface area contributed by atoms with E-state index in [2.05, 4.69) is 20.7 Å². The van der Waals surface area contributed by atoms with E-state index in [9.17, 15) is 4.79 Å². The van der Waals surface area contributed by atoms with Crippen LogP contribution in [0.5, 0.6) is 0 Å². The molecule has 0 spiro atoms. The summed E-state index contributed by atoms with van der Waals surface area (Å²) in [5, 5.41) is 8.83. The van der Waals surface area contributed by atoms with Crippen molar-refractivity contribution in [2.45, 2.75) is 25.9 Å². The Morgan fingerprint density at radius 1 is 1.62 bits per heavy atom. The second-order valence-corrected chi connectivity index (χ2v) is 2.90. The monoisotopic (exact) mass is 185 g/mol. The Bertz CT molecular complexity index is 209. The average Bonchev–Trinajstić information content (AvgIpc) is 2.10. The number of carbonyl (C=O) groups excluding carboxylic acids is 1. The summed E-state index contributed by atoms with van der Waals surface area (Å²) in [6.07, 6.45) is 0. The predicted octanol–water partition coefficient (Wildman–Crippen LogP) is 0.409. The van der Waals surface area contributed by atoms with Crippen LogP contribution in [0.15, 0.2) is 5.11 Å². The van der Waals surface area contributed by atoms with E-state index < -0.39 is 6.04 Å². The van der Waals surface area contributed by atoms with Crippen LogP contribution < -0.4 is 10.6 Å². The molecule has 0 aliphatic carbocycles. The Morgan fingerprint density at radius 2 is 2.23 bits per heavy atom. The van der Waals surface area contributed by atoms with Gasteiger partial charge in [0.05, 0.1) is 12.6 Å². The molecule has 0 aromatic rings. The third-order valence-corrected chi connectivity index (χ3v) is 1.42. The molecule has 0 rings (SSSR count). The lowest BCUT2D eigenvalue weighted by atomic mass is 10.2. The van der Waals surface area contributed by atoms with Gasteiger partial charge in [-0.05, 0) is 5.53 Å². The van der Waals surface area contributed by atoms with Crippen molar-refractivity contribution in [3.05, 3.63) is 10.4 Å². The maximum absolute atomic E-state index is 11.2. The lowest BCUT2D eigenvalue weighted by molar-refractivity contribution is -0.122. The summed E-state index contributed by atoms with van der Waals surface area (Å²) in [6.45, 7) is 3.98. The Hall–Kier alpha value is -1.26. The van der Waals surface area contributed by atoms with Gasteiger partial charge in [0.2, 0.25) is 5.91 Å². The molecule has 0 radical (unpaired) electrons. The molecule has 0 aromatic heterocycles. The van der Waals surface area contributed by atoms with Crippen molar-refractivity contribution >= 4 is 5.91 Å². The van der Waals surface area contributed by atoms with Crippen molar-refractivity contribution in [3.8, 4) is 0 Å². The standard InChI is InChI=1S/C7H15N5O/c1-5(2)11-6(4-10-12-8)7(13)9-3/h5-6,11H,4H2,1-3H3,(H,9,13)/t6-/m0/s1. The molecule has 0 saturated carbocycles. The van der Waals surface area contributed by atoms with E-state index >= 15 is 0 Å². The van der Waals surface area contributed by atoms with E-state index in [0.717, 1.165) is 0 Å². The van der Waals surface area contributed by atoms with E-state index in [1.807, 2.05) is 13.8 Å². The number of nitrogens with zero attached hydrogens (tertiary/aromatic N) is 3. The fraction of sp³-hybridized carbons (Fsp3) is 0.857. The van der Waals surface area contributed by atoms with E-state index in [4.69, 9.17) is 5.53 Å². The van der Waals surface area contributed by atoms with Gasteiger partial charge in [0.25, 0.3) is 0 Å². The molecule has 0 aliphatic heterocycles. The minimum atomic E-state index is -0.444. The van der Waals surface area contributed by atoms with Gasteiger partial charge in [-0.3, -0.25) is 4.79 Å². The molecule has 13 heavy (non-hydrogen) atoms. The van der Waals surface area contributed by atoms with Crippen molar-refractivity contribution < 1.29 is 4.79 Å². The van der Waals surface area contributed by atoms with Crippen LogP contribution in [0.3, 0.4) is 0 Å². The van der Waals surface area contributed by atoms with Crippen LogP contribution in [0.2, 0.25) is 0 Å². The highest BCUT2D eigenvalue weighted by Gasteiger charge is 2.16. The first-order valence-electron chi connectivity index (χ1n) is 4.10. The van der Waals surface area contributed by atoms with E-state index in [1.165, 1.54) is 0 Å². The molecule has 0 fully saturated rings. The largest absolute Gasteiger partial charge is 0.358 e. The van der Waals surface area contributed by atoms with Crippen LogP contribution >= 0.6 is 0 Å². The molecule has 0 aliphatic rings. The molecule has 2 N–H and O–H groups in total. The number of amides is 1. The molecular formula is C7H15N5O. The molecule has 0 aromatic carbocycles. The highest BCUT2D eigenvalue weighted by molar-refractivity contribution is 5.81. The molecule has 1 amide bonds. The molecule has 0 saturated heterocycles. The molecule has 6 heteroatoms. The molecule has 6 nitrogen and oxygen atoms in total. The maximum atomic E-state index is 11.2. The highest BCUT2D eigenvalue weighted by Crippen LogP contribution is 1.89. The molecule has 0 unspecified atom stereocenters. The fourth-order valence-corrected chi connectivity index (χ4v) is 0.906. The Kier molecular flexibility index (Phi) is 5.67. The van der Waals surface area contributed by atoms with Gasteiger partial charge in [0.15, 0.2) is 0 Å². The van der Waals surface area contributed by atoms with E-state index in [0.29, 0.717) is 0 Å². The van der Waals surface area contributed by atoms with Crippen molar-refractivity contribution in [2.24, 2.45) is 5.11 Å². The number of nitrogens with one attached hydrogen (secondary N) is 2. The van der Waals surface area contributed by atoms with Crippen LogP contribution in [0.1, 0.15) is 13.8 Å². The second-order valence-electron chi connectivity index (χ2n) is 2.90. The summed E-state index contributed by atoms with van der Waals surface area (Å²) in [7, 11) is 1.55. The Balaban J connectivity index is 4.17. The predicted molar refractivity (Wildman–Crippen MR) is 50.1 cm³/mol. The van der Waals surface area contributed by atoms with Gasteiger partial charge in [-0.25, -0.2) is 0 Å². The van der Waals surface area contributed by atoms with Gasteiger partial charge in [-0.1, -0.05) is 19.0 Å². The summed E-state index contributed by atoms with van der Waals surface area (Å²) in [4.78, 5) is 13.8. The summed E-state index contributed by atoms with van der Waals surface area (Å²) in [6, 6.07) is -0.267.